The van der Waals surface area contributed by atoms with E-state index in [-0.39, 0.29) is 17.1 Å². The normalized spacial score (nSPS) is 15.9. The fourth-order valence-electron chi connectivity index (χ4n) is 6.66. The molecule has 1 saturated carbocycles. The van der Waals surface area contributed by atoms with Crippen LogP contribution in [-0.2, 0) is 0 Å². The fraction of sp³-hybridized carbons (Fsp3) is 0.167. The van der Waals surface area contributed by atoms with Gasteiger partial charge in [-0.1, -0.05) is 79.9 Å². The number of hydrogen-bond donors (Lipinski definition) is 0. The monoisotopic (exact) mass is 521 g/mol. The van der Waals surface area contributed by atoms with Crippen LogP contribution < -0.4 is 0 Å². The number of fused-ring (bicyclic) bond motifs is 4. The van der Waals surface area contributed by atoms with Gasteiger partial charge in [0.25, 0.3) is 0 Å². The Morgan fingerprint density at radius 2 is 1.30 bits per heavy atom. The number of ketones is 2. The maximum atomic E-state index is 13.5. The molecule has 2 aliphatic carbocycles. The number of hydrogen-bond acceptors (Lipinski definition) is 3. The predicted octanol–water partition coefficient (Wildman–Crippen LogP) is 9.18. The molecule has 8 rings (SSSR count). The second-order valence-corrected chi connectivity index (χ2v) is 11.1. The molecule has 2 aromatic heterocycles. The van der Waals surface area contributed by atoms with Crippen LogP contribution in [0.5, 0.6) is 0 Å². The summed E-state index contributed by atoms with van der Waals surface area (Å²) in [5.41, 5.74) is 4.91. The number of carbonyl (C=O) groups excluding carboxylic acids is 2. The van der Waals surface area contributed by atoms with E-state index in [0.717, 1.165) is 51.7 Å². The van der Waals surface area contributed by atoms with Crippen molar-refractivity contribution in [3.05, 3.63) is 113 Å². The van der Waals surface area contributed by atoms with E-state index in [0.29, 0.717) is 17.2 Å². The van der Waals surface area contributed by atoms with Crippen LogP contribution in [0.1, 0.15) is 64.6 Å². The summed E-state index contributed by atoms with van der Waals surface area (Å²) in [7, 11) is 0. The van der Waals surface area contributed by atoms with Gasteiger partial charge in [-0.25, -0.2) is 0 Å². The number of carbonyl (C=O) groups is 2. The minimum absolute atomic E-state index is 0.199. The van der Waals surface area contributed by atoms with Crippen molar-refractivity contribution in [2.24, 2.45) is 0 Å². The number of benzene rings is 4. The van der Waals surface area contributed by atoms with Gasteiger partial charge in [0.15, 0.2) is 17.1 Å². The highest BCUT2D eigenvalue weighted by molar-refractivity contribution is 6.42. The molecule has 6 aromatic rings. The molecule has 1 fully saturated rings. The van der Waals surface area contributed by atoms with Crippen LogP contribution in [-0.4, -0.2) is 16.1 Å². The minimum Gasteiger partial charge on any atom is -0.454 e. The van der Waals surface area contributed by atoms with Gasteiger partial charge < -0.3 is 8.98 Å². The van der Waals surface area contributed by atoms with Gasteiger partial charge in [-0.05, 0) is 58.7 Å². The van der Waals surface area contributed by atoms with E-state index in [4.69, 9.17) is 4.42 Å². The van der Waals surface area contributed by atoms with Crippen molar-refractivity contribution in [3.8, 4) is 11.3 Å². The highest BCUT2D eigenvalue weighted by Gasteiger charge is 2.34. The van der Waals surface area contributed by atoms with Gasteiger partial charge in [-0.2, -0.15) is 0 Å². The first-order valence-electron chi connectivity index (χ1n) is 14.1. The Balaban J connectivity index is 1.25. The van der Waals surface area contributed by atoms with Crippen molar-refractivity contribution in [3.63, 3.8) is 0 Å². The molecule has 4 nitrogen and oxygen atoms in total. The summed E-state index contributed by atoms with van der Waals surface area (Å²) >= 11 is 0. The highest BCUT2D eigenvalue weighted by Crippen LogP contribution is 2.39. The van der Waals surface area contributed by atoms with Gasteiger partial charge in [-0.3, -0.25) is 9.59 Å². The van der Waals surface area contributed by atoms with E-state index in [1.165, 1.54) is 30.0 Å². The molecule has 0 bridgehead atoms. The smallest absolute Gasteiger partial charge is 0.197 e. The summed E-state index contributed by atoms with van der Waals surface area (Å²) < 4.78 is 8.74. The van der Waals surface area contributed by atoms with Crippen molar-refractivity contribution < 1.29 is 14.0 Å². The van der Waals surface area contributed by atoms with E-state index in [9.17, 15) is 9.59 Å². The SMILES string of the molecule is O=C1C(=Cc2cc3oc(-c4ccc5ccccc5c4)cc3n2C2CCCCC2)C(=O)c2cc3ccccc3cc21. The Kier molecular flexibility index (Phi) is 5.18. The third-order valence-electron chi connectivity index (χ3n) is 8.69. The Morgan fingerprint density at radius 3 is 1.98 bits per heavy atom. The molecular weight excluding hydrogens is 494 g/mol. The lowest BCUT2D eigenvalue weighted by Gasteiger charge is -2.25. The van der Waals surface area contributed by atoms with Crippen LogP contribution >= 0.6 is 0 Å². The van der Waals surface area contributed by atoms with Gasteiger partial charge in [-0.15, -0.1) is 0 Å². The van der Waals surface area contributed by atoms with Crippen LogP contribution in [0.15, 0.2) is 101 Å². The minimum atomic E-state index is -0.199. The average molecular weight is 522 g/mol. The first-order valence-corrected chi connectivity index (χ1v) is 14.1. The van der Waals surface area contributed by atoms with E-state index in [2.05, 4.69) is 41.0 Å². The maximum Gasteiger partial charge on any atom is 0.197 e. The van der Waals surface area contributed by atoms with Crippen LogP contribution in [0.25, 0.3) is 50.0 Å². The summed E-state index contributed by atoms with van der Waals surface area (Å²) in [6.07, 6.45) is 7.53. The Bertz CT molecular complexity index is 1970. The molecule has 4 aromatic carbocycles. The number of nitrogens with zero attached hydrogens (tertiary/aromatic N) is 1. The second kappa shape index (κ2) is 8.92. The Labute approximate surface area is 231 Å². The largest absolute Gasteiger partial charge is 0.454 e. The Hall–Kier alpha value is -4.70. The maximum absolute atomic E-state index is 13.5. The molecule has 0 radical (unpaired) electrons. The van der Waals surface area contributed by atoms with E-state index < -0.39 is 0 Å². The van der Waals surface area contributed by atoms with Crippen molar-refractivity contribution in [2.45, 2.75) is 38.1 Å². The average Bonchev–Trinajstić information content (AvgIpc) is 3.62. The summed E-state index contributed by atoms with van der Waals surface area (Å²) in [6, 6.07) is 30.7. The number of furan rings is 1. The third kappa shape index (κ3) is 3.60. The van der Waals surface area contributed by atoms with Crippen molar-refractivity contribution in [1.82, 2.24) is 4.57 Å². The Morgan fingerprint density at radius 1 is 0.675 bits per heavy atom. The molecule has 0 aliphatic heterocycles. The van der Waals surface area contributed by atoms with Gasteiger partial charge in [0, 0.05) is 40.6 Å². The summed E-state index contributed by atoms with van der Waals surface area (Å²) in [4.78, 5) is 27.0. The first-order chi connectivity index (χ1) is 19.6. The zero-order chi connectivity index (χ0) is 26.8. The molecule has 0 spiro atoms. The van der Waals surface area contributed by atoms with E-state index >= 15 is 0 Å². The van der Waals surface area contributed by atoms with Gasteiger partial charge >= 0.3 is 0 Å². The zero-order valence-corrected chi connectivity index (χ0v) is 22.0. The van der Waals surface area contributed by atoms with E-state index in [1.807, 2.05) is 54.6 Å². The van der Waals surface area contributed by atoms with Gasteiger partial charge in [0.2, 0.25) is 0 Å². The van der Waals surface area contributed by atoms with Crippen LogP contribution in [0.3, 0.4) is 0 Å². The highest BCUT2D eigenvalue weighted by atomic mass is 16.3. The van der Waals surface area contributed by atoms with Gasteiger partial charge in [0.05, 0.1) is 11.1 Å². The topological polar surface area (TPSA) is 52.2 Å². The number of aromatic nitrogens is 1. The molecule has 40 heavy (non-hydrogen) atoms. The second-order valence-electron chi connectivity index (χ2n) is 11.1. The summed E-state index contributed by atoms with van der Waals surface area (Å²) in [5.74, 6) is 0.429. The first kappa shape index (κ1) is 23.2. The lowest BCUT2D eigenvalue weighted by Crippen LogP contribution is -2.14. The lowest BCUT2D eigenvalue weighted by atomic mass is 9.95. The molecule has 0 amide bonds. The number of allylic oxidation sites excluding steroid dienone is 1. The summed E-state index contributed by atoms with van der Waals surface area (Å²) in [6.45, 7) is 0. The predicted molar refractivity (Wildman–Crippen MR) is 160 cm³/mol. The van der Waals surface area contributed by atoms with Crippen molar-refractivity contribution in [2.75, 3.05) is 0 Å². The molecular formula is C36H27NO3. The number of rotatable bonds is 3. The van der Waals surface area contributed by atoms with Crippen molar-refractivity contribution in [1.29, 1.82) is 0 Å². The number of Topliss-reactive ketones (excluding diaryl/α,β-unsaturated/α-hetero) is 2. The molecule has 194 valence electrons. The molecule has 0 saturated heterocycles. The van der Waals surface area contributed by atoms with Crippen LogP contribution in [0, 0.1) is 0 Å². The third-order valence-corrected chi connectivity index (χ3v) is 8.69. The quantitative estimate of drug-likeness (QED) is 0.172. The van der Waals surface area contributed by atoms with Gasteiger partial charge in [0.1, 0.15) is 5.76 Å². The molecule has 0 atom stereocenters. The standard InChI is InChI=1S/C36H27NO3/c38-35-29-17-24-10-6-7-11-25(24)18-30(29)36(39)31(35)19-28-20-34-32(37(28)27-12-2-1-3-13-27)21-33(40-34)26-15-14-22-8-4-5-9-23(22)16-26/h4-11,14-21,27H,1-3,12-13H2. The van der Waals surface area contributed by atoms with E-state index in [1.54, 1.807) is 6.08 Å². The van der Waals surface area contributed by atoms with Crippen LogP contribution in [0.2, 0.25) is 0 Å². The molecule has 4 heteroatoms. The van der Waals surface area contributed by atoms with Crippen molar-refractivity contribution >= 4 is 50.3 Å². The molecule has 0 N–H and O–H groups in total. The molecule has 2 heterocycles. The molecule has 0 unspecified atom stereocenters. The molecule has 2 aliphatic rings. The lowest BCUT2D eigenvalue weighted by molar-refractivity contribution is 0.0990. The summed E-state index contributed by atoms with van der Waals surface area (Å²) in [5, 5.41) is 4.30. The zero-order valence-electron chi connectivity index (χ0n) is 22.0. The van der Waals surface area contributed by atoms with Crippen LogP contribution in [0.4, 0.5) is 0 Å². The fourth-order valence-corrected chi connectivity index (χ4v) is 6.66.